The van der Waals surface area contributed by atoms with E-state index in [-0.39, 0.29) is 12.1 Å². The van der Waals surface area contributed by atoms with Crippen LogP contribution in [0.25, 0.3) is 0 Å². The van der Waals surface area contributed by atoms with Crippen LogP contribution in [0.2, 0.25) is 0 Å². The lowest BCUT2D eigenvalue weighted by Crippen LogP contribution is -2.36. The lowest BCUT2D eigenvalue weighted by molar-refractivity contribution is -0.142. The summed E-state index contributed by atoms with van der Waals surface area (Å²) in [6.07, 6.45) is 5.82. The van der Waals surface area contributed by atoms with Crippen molar-refractivity contribution in [3.8, 4) is 0 Å². The van der Waals surface area contributed by atoms with Crippen molar-refractivity contribution in [1.29, 1.82) is 0 Å². The average Bonchev–Trinajstić information content (AvgIpc) is 2.91. The molecule has 3 N–H and O–H groups in total. The molecule has 0 aliphatic heterocycles. The molecule has 1 aromatic rings. The Labute approximate surface area is 124 Å². The summed E-state index contributed by atoms with van der Waals surface area (Å²) in [6, 6.07) is 6.80. The predicted octanol–water partition coefficient (Wildman–Crippen LogP) is 2.89. The topological polar surface area (TPSA) is 78.4 Å². The first-order valence-electron chi connectivity index (χ1n) is 6.96. The second kappa shape index (κ2) is 5.99. The van der Waals surface area contributed by atoms with Gasteiger partial charge in [-0.3, -0.25) is 4.79 Å². The van der Waals surface area contributed by atoms with Crippen LogP contribution in [0.1, 0.15) is 32.3 Å². The first kappa shape index (κ1) is 15.1. The molecule has 0 bridgehead atoms. The largest absolute Gasteiger partial charge is 0.481 e. The molecule has 0 heterocycles. The molecule has 0 fully saturated rings. The maximum atomic E-state index is 11.8. The normalized spacial score (nSPS) is 15.0. The molecule has 0 saturated carbocycles. The highest BCUT2D eigenvalue weighted by Gasteiger charge is 2.29. The van der Waals surface area contributed by atoms with Crippen LogP contribution >= 0.6 is 0 Å². The molecule has 0 radical (unpaired) electrons. The van der Waals surface area contributed by atoms with Crippen LogP contribution in [0, 0.1) is 0 Å². The molecule has 0 unspecified atom stereocenters. The van der Waals surface area contributed by atoms with E-state index in [1.807, 2.05) is 12.2 Å². The van der Waals surface area contributed by atoms with E-state index in [4.69, 9.17) is 0 Å². The van der Waals surface area contributed by atoms with Gasteiger partial charge in [0.05, 0.1) is 5.41 Å². The number of anilines is 1. The number of amides is 2. The van der Waals surface area contributed by atoms with Crippen LogP contribution in [0.4, 0.5) is 10.5 Å². The molecule has 0 saturated heterocycles. The van der Waals surface area contributed by atoms with E-state index < -0.39 is 11.4 Å². The van der Waals surface area contributed by atoms with Crippen molar-refractivity contribution in [1.82, 2.24) is 5.32 Å². The van der Waals surface area contributed by atoms with Gasteiger partial charge >= 0.3 is 12.0 Å². The fourth-order valence-corrected chi connectivity index (χ4v) is 2.18. The van der Waals surface area contributed by atoms with Crippen molar-refractivity contribution in [2.45, 2.75) is 38.1 Å². The van der Waals surface area contributed by atoms with Gasteiger partial charge in [0.2, 0.25) is 0 Å². The number of carbonyl (C=O) groups excluding carboxylic acids is 1. The van der Waals surface area contributed by atoms with Crippen molar-refractivity contribution in [3.05, 3.63) is 42.0 Å². The van der Waals surface area contributed by atoms with Crippen LogP contribution in [-0.4, -0.2) is 23.1 Å². The van der Waals surface area contributed by atoms with Gasteiger partial charge in [0, 0.05) is 11.7 Å². The third kappa shape index (κ3) is 3.62. The van der Waals surface area contributed by atoms with Crippen LogP contribution in [0.15, 0.2) is 36.4 Å². The Morgan fingerprint density at radius 1 is 1.14 bits per heavy atom. The fraction of sp³-hybridized carbons (Fsp3) is 0.375. The molecular formula is C16H20N2O3. The van der Waals surface area contributed by atoms with Gasteiger partial charge in [-0.25, -0.2) is 4.79 Å². The number of aliphatic carboxylic acids is 1. The smallest absolute Gasteiger partial charge is 0.319 e. The number of hydrogen-bond acceptors (Lipinski definition) is 2. The van der Waals surface area contributed by atoms with E-state index in [2.05, 4.69) is 10.6 Å². The number of carboxylic acids is 1. The Morgan fingerprint density at radius 2 is 1.71 bits per heavy atom. The highest BCUT2D eigenvalue weighted by Crippen LogP contribution is 2.24. The van der Waals surface area contributed by atoms with Gasteiger partial charge in [-0.15, -0.1) is 0 Å². The summed E-state index contributed by atoms with van der Waals surface area (Å²) >= 11 is 0. The number of rotatable bonds is 4. The first-order valence-corrected chi connectivity index (χ1v) is 6.96. The number of hydrogen-bond donors (Lipinski definition) is 3. The van der Waals surface area contributed by atoms with Gasteiger partial charge in [-0.2, -0.15) is 0 Å². The summed E-state index contributed by atoms with van der Waals surface area (Å²) in [5, 5.41) is 14.8. The average molecular weight is 288 g/mol. The molecule has 112 valence electrons. The maximum absolute atomic E-state index is 11.8. The zero-order valence-electron chi connectivity index (χ0n) is 12.2. The minimum absolute atomic E-state index is 0.162. The third-order valence-corrected chi connectivity index (χ3v) is 3.74. The Morgan fingerprint density at radius 3 is 2.24 bits per heavy atom. The van der Waals surface area contributed by atoms with Crippen LogP contribution in [-0.2, 0) is 10.2 Å². The predicted molar refractivity (Wildman–Crippen MR) is 81.4 cm³/mol. The zero-order valence-corrected chi connectivity index (χ0v) is 12.2. The highest BCUT2D eigenvalue weighted by molar-refractivity contribution is 5.89. The van der Waals surface area contributed by atoms with Gasteiger partial charge in [0.25, 0.3) is 0 Å². The van der Waals surface area contributed by atoms with E-state index in [9.17, 15) is 14.7 Å². The van der Waals surface area contributed by atoms with Crippen molar-refractivity contribution >= 4 is 17.7 Å². The van der Waals surface area contributed by atoms with Crippen LogP contribution in [0.5, 0.6) is 0 Å². The van der Waals surface area contributed by atoms with Crippen molar-refractivity contribution in [3.63, 3.8) is 0 Å². The quantitative estimate of drug-likeness (QED) is 0.745. The van der Waals surface area contributed by atoms with Crippen molar-refractivity contribution < 1.29 is 14.7 Å². The summed E-state index contributed by atoms with van der Waals surface area (Å²) in [4.78, 5) is 23.0. The lowest BCUT2D eigenvalue weighted by atomic mass is 9.85. The Balaban J connectivity index is 1.96. The molecule has 21 heavy (non-hydrogen) atoms. The van der Waals surface area contributed by atoms with Gasteiger partial charge < -0.3 is 15.7 Å². The fourth-order valence-electron chi connectivity index (χ4n) is 2.18. The third-order valence-electron chi connectivity index (χ3n) is 3.74. The van der Waals surface area contributed by atoms with E-state index in [0.29, 0.717) is 11.3 Å². The Kier molecular flexibility index (Phi) is 4.31. The SMILES string of the molecule is CC(C)(C(=O)O)c1ccc(NC(=O)NC2CC=CC2)cc1. The minimum atomic E-state index is -0.948. The molecule has 2 rings (SSSR count). The molecule has 0 spiro atoms. The van der Waals surface area contributed by atoms with Gasteiger partial charge in [-0.1, -0.05) is 24.3 Å². The number of carbonyl (C=O) groups is 2. The number of nitrogens with one attached hydrogen (secondary N) is 2. The summed E-state index contributed by atoms with van der Waals surface area (Å²) in [5.74, 6) is -0.880. The Hall–Kier alpha value is -2.30. The van der Waals surface area contributed by atoms with Gasteiger partial charge in [-0.05, 0) is 44.4 Å². The van der Waals surface area contributed by atoms with Gasteiger partial charge in [0.15, 0.2) is 0 Å². The number of benzene rings is 1. The lowest BCUT2D eigenvalue weighted by Gasteiger charge is -2.20. The summed E-state index contributed by atoms with van der Waals surface area (Å²) < 4.78 is 0. The summed E-state index contributed by atoms with van der Waals surface area (Å²) in [7, 11) is 0. The van der Waals surface area contributed by atoms with Crippen LogP contribution in [0.3, 0.4) is 0 Å². The van der Waals surface area contributed by atoms with E-state index in [1.54, 1.807) is 38.1 Å². The Bertz CT molecular complexity index is 553. The minimum Gasteiger partial charge on any atom is -0.481 e. The van der Waals surface area contributed by atoms with Gasteiger partial charge in [0.1, 0.15) is 0 Å². The monoisotopic (exact) mass is 288 g/mol. The second-order valence-electron chi connectivity index (χ2n) is 5.75. The number of carboxylic acid groups (broad SMARTS) is 1. The van der Waals surface area contributed by atoms with Crippen LogP contribution < -0.4 is 10.6 Å². The number of urea groups is 1. The molecular weight excluding hydrogens is 268 g/mol. The molecule has 5 nitrogen and oxygen atoms in total. The van der Waals surface area contributed by atoms with E-state index >= 15 is 0 Å². The molecule has 5 heteroatoms. The second-order valence-corrected chi connectivity index (χ2v) is 5.75. The van der Waals surface area contributed by atoms with E-state index in [0.717, 1.165) is 12.8 Å². The molecule has 0 atom stereocenters. The van der Waals surface area contributed by atoms with Crippen molar-refractivity contribution in [2.75, 3.05) is 5.32 Å². The molecule has 1 aliphatic rings. The van der Waals surface area contributed by atoms with Crippen molar-refractivity contribution in [2.24, 2.45) is 0 Å². The maximum Gasteiger partial charge on any atom is 0.319 e. The standard InChI is InChI=1S/C16H20N2O3/c1-16(2,14(19)20)11-7-9-13(10-8-11)18-15(21)17-12-5-3-4-6-12/h3-4,7-10,12H,5-6H2,1-2H3,(H,19,20)(H2,17,18,21). The molecule has 1 aliphatic carbocycles. The van der Waals surface area contributed by atoms with E-state index in [1.165, 1.54) is 0 Å². The highest BCUT2D eigenvalue weighted by atomic mass is 16.4. The first-order chi connectivity index (χ1) is 9.89. The molecule has 1 aromatic carbocycles. The molecule has 2 amide bonds. The molecule has 0 aromatic heterocycles. The zero-order chi connectivity index (χ0) is 15.5. The summed E-state index contributed by atoms with van der Waals surface area (Å²) in [5.41, 5.74) is 0.389. The summed E-state index contributed by atoms with van der Waals surface area (Å²) in [6.45, 7) is 3.30.